The number of rotatable bonds is 3. The van der Waals surface area contributed by atoms with Crippen LogP contribution in [-0.4, -0.2) is 26.6 Å². The Morgan fingerprint density at radius 3 is 2.29 bits per heavy atom. The Labute approximate surface area is 149 Å². The number of benzene rings is 2. The van der Waals surface area contributed by atoms with Gasteiger partial charge < -0.3 is 5.32 Å². The molecule has 1 amide bonds. The predicted octanol–water partition coefficient (Wildman–Crippen LogP) is 3.63. The number of nitrogens with one attached hydrogen (secondary N) is 1. The molecule has 0 spiro atoms. The van der Waals surface area contributed by atoms with Crippen LogP contribution < -0.4 is 9.62 Å². The number of amides is 1. The van der Waals surface area contributed by atoms with E-state index in [4.69, 9.17) is 0 Å². The van der Waals surface area contributed by atoms with Crippen molar-refractivity contribution in [2.75, 3.05) is 21.9 Å². The Hall–Kier alpha value is -1.86. The Morgan fingerprint density at radius 2 is 1.67 bits per heavy atom. The van der Waals surface area contributed by atoms with Crippen LogP contribution >= 0.6 is 15.9 Å². The third-order valence-electron chi connectivity index (χ3n) is 3.87. The molecule has 3 rings (SSSR count). The van der Waals surface area contributed by atoms with Crippen molar-refractivity contribution in [2.24, 2.45) is 0 Å². The Kier molecular flexibility index (Phi) is 4.91. The predicted molar refractivity (Wildman–Crippen MR) is 98.9 cm³/mol. The first-order valence-electron chi connectivity index (χ1n) is 7.63. The molecular formula is C17H17BrN2O3S. The maximum Gasteiger partial charge on any atom is 0.255 e. The molecule has 0 atom stereocenters. The normalized spacial score (nSPS) is 16.6. The third kappa shape index (κ3) is 3.79. The Bertz CT molecular complexity index is 833. The lowest BCUT2D eigenvalue weighted by Crippen LogP contribution is -2.37. The number of hydrogen-bond acceptors (Lipinski definition) is 3. The smallest absolute Gasteiger partial charge is 0.255 e. The molecule has 1 fully saturated rings. The van der Waals surface area contributed by atoms with Crippen LogP contribution in [0.4, 0.5) is 11.4 Å². The molecule has 2 aromatic rings. The minimum absolute atomic E-state index is 0.179. The zero-order valence-corrected chi connectivity index (χ0v) is 15.3. The second-order valence-corrected chi connectivity index (χ2v) is 8.53. The minimum atomic E-state index is -3.23. The van der Waals surface area contributed by atoms with Gasteiger partial charge in [0, 0.05) is 22.3 Å². The summed E-state index contributed by atoms with van der Waals surface area (Å²) in [6.45, 7) is 0.493. The van der Waals surface area contributed by atoms with E-state index >= 15 is 0 Å². The van der Waals surface area contributed by atoms with Crippen LogP contribution in [0.25, 0.3) is 0 Å². The fourth-order valence-electron chi connectivity index (χ4n) is 2.59. The van der Waals surface area contributed by atoms with Crippen LogP contribution in [0.3, 0.4) is 0 Å². The number of hydrogen-bond donors (Lipinski definition) is 1. The largest absolute Gasteiger partial charge is 0.322 e. The standard InChI is InChI=1S/C17H17BrN2O3S/c18-14-5-7-15(8-6-14)19-17(21)13-3-9-16(10-4-13)20-11-1-2-12-24(20,22)23/h3-10H,1-2,11-12H2,(H,19,21). The molecule has 0 radical (unpaired) electrons. The number of nitrogens with zero attached hydrogens (tertiary/aromatic N) is 1. The lowest BCUT2D eigenvalue weighted by molar-refractivity contribution is 0.102. The summed E-state index contributed by atoms with van der Waals surface area (Å²) in [7, 11) is -3.23. The molecule has 126 valence electrons. The van der Waals surface area contributed by atoms with E-state index in [2.05, 4.69) is 21.2 Å². The maximum atomic E-state index is 12.3. The topological polar surface area (TPSA) is 66.5 Å². The molecular weight excluding hydrogens is 392 g/mol. The summed E-state index contributed by atoms with van der Waals surface area (Å²) in [5.74, 6) is -0.0518. The highest BCUT2D eigenvalue weighted by atomic mass is 79.9. The number of sulfonamides is 1. The molecule has 0 unspecified atom stereocenters. The monoisotopic (exact) mass is 408 g/mol. The number of carbonyl (C=O) groups is 1. The van der Waals surface area contributed by atoms with Gasteiger partial charge in [-0.3, -0.25) is 9.10 Å². The Morgan fingerprint density at radius 1 is 1.00 bits per heavy atom. The number of anilines is 2. The quantitative estimate of drug-likeness (QED) is 0.842. The van der Waals surface area contributed by atoms with Crippen LogP contribution in [0.15, 0.2) is 53.0 Å². The van der Waals surface area contributed by atoms with Gasteiger partial charge in [-0.15, -0.1) is 0 Å². The summed E-state index contributed by atoms with van der Waals surface area (Å²) >= 11 is 3.35. The summed E-state index contributed by atoms with van der Waals surface area (Å²) in [5, 5.41) is 2.81. The zero-order valence-electron chi connectivity index (χ0n) is 12.9. The van der Waals surface area contributed by atoms with Crippen LogP contribution in [0.1, 0.15) is 23.2 Å². The van der Waals surface area contributed by atoms with Crippen molar-refractivity contribution in [3.63, 3.8) is 0 Å². The van der Waals surface area contributed by atoms with E-state index < -0.39 is 10.0 Å². The van der Waals surface area contributed by atoms with Gasteiger partial charge in [-0.1, -0.05) is 15.9 Å². The molecule has 5 nitrogen and oxygen atoms in total. The molecule has 1 heterocycles. The van der Waals surface area contributed by atoms with E-state index in [0.717, 1.165) is 10.9 Å². The van der Waals surface area contributed by atoms with Crippen LogP contribution in [-0.2, 0) is 10.0 Å². The van der Waals surface area contributed by atoms with Gasteiger partial charge in [0.25, 0.3) is 5.91 Å². The third-order valence-corrected chi connectivity index (χ3v) is 6.27. The van der Waals surface area contributed by atoms with Gasteiger partial charge in [-0.25, -0.2) is 8.42 Å². The Balaban J connectivity index is 1.74. The molecule has 1 N–H and O–H groups in total. The van der Waals surface area contributed by atoms with Crippen molar-refractivity contribution in [2.45, 2.75) is 12.8 Å². The van der Waals surface area contributed by atoms with Gasteiger partial charge in [0.2, 0.25) is 10.0 Å². The van der Waals surface area contributed by atoms with E-state index in [-0.39, 0.29) is 11.7 Å². The van der Waals surface area contributed by atoms with E-state index in [1.165, 1.54) is 4.31 Å². The van der Waals surface area contributed by atoms with Crippen LogP contribution in [0.5, 0.6) is 0 Å². The summed E-state index contributed by atoms with van der Waals surface area (Å²) < 4.78 is 26.6. The molecule has 0 bridgehead atoms. The highest BCUT2D eigenvalue weighted by molar-refractivity contribution is 9.10. The second kappa shape index (κ2) is 6.94. The maximum absolute atomic E-state index is 12.3. The van der Waals surface area contributed by atoms with Gasteiger partial charge in [-0.05, 0) is 61.4 Å². The molecule has 0 aliphatic carbocycles. The zero-order chi connectivity index (χ0) is 17.2. The summed E-state index contributed by atoms with van der Waals surface area (Å²) in [4.78, 5) is 12.3. The van der Waals surface area contributed by atoms with Crippen molar-refractivity contribution in [3.8, 4) is 0 Å². The summed E-state index contributed by atoms with van der Waals surface area (Å²) in [6, 6.07) is 14.0. The van der Waals surface area contributed by atoms with Crippen LogP contribution in [0.2, 0.25) is 0 Å². The van der Waals surface area contributed by atoms with Crippen molar-refractivity contribution in [1.82, 2.24) is 0 Å². The van der Waals surface area contributed by atoms with Crippen molar-refractivity contribution in [3.05, 3.63) is 58.6 Å². The molecule has 24 heavy (non-hydrogen) atoms. The molecule has 1 aliphatic rings. The van der Waals surface area contributed by atoms with E-state index in [1.807, 2.05) is 12.1 Å². The highest BCUT2D eigenvalue weighted by Gasteiger charge is 2.25. The molecule has 7 heteroatoms. The molecule has 1 saturated heterocycles. The molecule has 0 saturated carbocycles. The average Bonchev–Trinajstić information content (AvgIpc) is 2.57. The van der Waals surface area contributed by atoms with Gasteiger partial charge in [0.15, 0.2) is 0 Å². The van der Waals surface area contributed by atoms with Gasteiger partial charge in [0.05, 0.1) is 11.4 Å². The number of halogens is 1. The lowest BCUT2D eigenvalue weighted by atomic mass is 10.2. The van der Waals surface area contributed by atoms with E-state index in [1.54, 1.807) is 36.4 Å². The van der Waals surface area contributed by atoms with E-state index in [9.17, 15) is 13.2 Å². The molecule has 2 aromatic carbocycles. The minimum Gasteiger partial charge on any atom is -0.322 e. The summed E-state index contributed by atoms with van der Waals surface area (Å²) in [6.07, 6.45) is 1.55. The van der Waals surface area contributed by atoms with Crippen molar-refractivity contribution in [1.29, 1.82) is 0 Å². The molecule has 1 aliphatic heterocycles. The summed E-state index contributed by atoms with van der Waals surface area (Å²) in [5.41, 5.74) is 1.79. The first-order chi connectivity index (χ1) is 11.5. The van der Waals surface area contributed by atoms with Crippen molar-refractivity contribution >= 4 is 43.2 Å². The fourth-order valence-corrected chi connectivity index (χ4v) is 4.50. The SMILES string of the molecule is O=C(Nc1ccc(Br)cc1)c1ccc(N2CCCCS2(=O)=O)cc1. The van der Waals surface area contributed by atoms with Gasteiger partial charge >= 0.3 is 0 Å². The first-order valence-corrected chi connectivity index (χ1v) is 10.0. The average molecular weight is 409 g/mol. The lowest BCUT2D eigenvalue weighted by Gasteiger charge is -2.28. The second-order valence-electron chi connectivity index (χ2n) is 5.60. The fraction of sp³-hybridized carbons (Fsp3) is 0.235. The highest BCUT2D eigenvalue weighted by Crippen LogP contribution is 2.24. The molecule has 0 aromatic heterocycles. The van der Waals surface area contributed by atoms with Crippen LogP contribution in [0, 0.1) is 0 Å². The van der Waals surface area contributed by atoms with Crippen molar-refractivity contribution < 1.29 is 13.2 Å². The van der Waals surface area contributed by atoms with Gasteiger partial charge in [0.1, 0.15) is 0 Å². The van der Waals surface area contributed by atoms with E-state index in [0.29, 0.717) is 29.9 Å². The number of carbonyl (C=O) groups excluding carboxylic acids is 1. The van der Waals surface area contributed by atoms with Gasteiger partial charge in [-0.2, -0.15) is 0 Å². The first kappa shape index (κ1) is 17.0.